The standard InChI is InChI=1S/C25H24N2.2ClH.Ti/c1-18-9-7-10-19(2)24(18)26-15-8-16-27-25-22-13-5-3-11-20(22)17-21-12-4-6-14-23(21)25;;;/h3-7,9-14,17H,8,15-16H2,1-2H3;2*1H;/q-2;;;+2/p-2. The molecule has 4 aromatic rings. The number of hydrogen-bond donors (Lipinski definition) is 0. The fourth-order valence-corrected chi connectivity index (χ4v) is 3.67. The van der Waals surface area contributed by atoms with Gasteiger partial charge in [-0.25, -0.2) is 0 Å². The third-order valence-electron chi connectivity index (χ3n) is 5.04. The van der Waals surface area contributed by atoms with Crippen LogP contribution in [0.4, 0.5) is 11.4 Å². The fourth-order valence-electron chi connectivity index (χ4n) is 3.67. The van der Waals surface area contributed by atoms with Crippen LogP contribution >= 0.6 is 18.6 Å². The van der Waals surface area contributed by atoms with Gasteiger partial charge >= 0.3 is 35.6 Å². The molecule has 0 bridgehead atoms. The van der Waals surface area contributed by atoms with Crippen LogP contribution in [0, 0.1) is 13.8 Å². The van der Waals surface area contributed by atoms with Crippen LogP contribution in [0.3, 0.4) is 0 Å². The summed E-state index contributed by atoms with van der Waals surface area (Å²) in [7, 11) is 9.78. The minimum atomic E-state index is -0.556. The number of benzene rings is 4. The van der Waals surface area contributed by atoms with E-state index in [4.69, 9.17) is 29.2 Å². The first-order chi connectivity index (χ1) is 14.7. The average Bonchev–Trinajstić information content (AvgIpc) is 2.75. The molecule has 0 unspecified atom stereocenters. The molecule has 0 aliphatic carbocycles. The summed E-state index contributed by atoms with van der Waals surface area (Å²) < 4.78 is 0. The van der Waals surface area contributed by atoms with E-state index in [0.717, 1.165) is 30.9 Å². The van der Waals surface area contributed by atoms with Crippen molar-refractivity contribution in [1.82, 2.24) is 0 Å². The molecule has 0 radical (unpaired) electrons. The molecule has 0 saturated carbocycles. The van der Waals surface area contributed by atoms with Crippen LogP contribution in [0.5, 0.6) is 0 Å². The first kappa shape index (κ1) is 23.0. The van der Waals surface area contributed by atoms with Crippen LogP contribution in [-0.4, -0.2) is 13.1 Å². The van der Waals surface area contributed by atoms with Crippen LogP contribution in [0.25, 0.3) is 32.2 Å². The first-order valence-electron chi connectivity index (χ1n) is 9.93. The van der Waals surface area contributed by atoms with E-state index in [0.29, 0.717) is 0 Å². The number of fused-ring (bicyclic) bond motifs is 2. The Hall–Kier alpha value is -1.71. The Labute approximate surface area is 195 Å². The van der Waals surface area contributed by atoms with Gasteiger partial charge in [-0.05, 0) is 41.5 Å². The molecule has 0 fully saturated rings. The normalized spacial score (nSPS) is 10.4. The van der Waals surface area contributed by atoms with Crippen LogP contribution in [0.15, 0.2) is 72.8 Å². The second kappa shape index (κ2) is 11.6. The molecular weight excluding hydrogens is 447 g/mol. The summed E-state index contributed by atoms with van der Waals surface area (Å²) in [6, 6.07) is 25.6. The van der Waals surface area contributed by atoms with Crippen LogP contribution < -0.4 is 0 Å². The number of halogens is 2. The topological polar surface area (TPSA) is 28.2 Å². The first-order valence-corrected chi connectivity index (χ1v) is 14.2. The van der Waals surface area contributed by atoms with E-state index in [1.54, 1.807) is 0 Å². The summed E-state index contributed by atoms with van der Waals surface area (Å²) in [5.74, 6) is 0. The molecule has 0 amide bonds. The number of nitrogens with zero attached hydrogens (tertiary/aromatic N) is 2. The molecule has 4 aromatic carbocycles. The van der Waals surface area contributed by atoms with Gasteiger partial charge in [-0.2, -0.15) is 0 Å². The maximum atomic E-state index is 4.98. The van der Waals surface area contributed by atoms with Crippen molar-refractivity contribution in [3.8, 4) is 0 Å². The number of para-hydroxylation sites is 1. The molecule has 4 rings (SSSR count). The molecule has 0 N–H and O–H groups in total. The Bertz CT molecular complexity index is 1040. The van der Waals surface area contributed by atoms with Crippen molar-refractivity contribution in [3.05, 3.63) is 94.6 Å². The van der Waals surface area contributed by atoms with Gasteiger partial charge in [0.15, 0.2) is 0 Å². The van der Waals surface area contributed by atoms with Gasteiger partial charge < -0.3 is 10.6 Å². The van der Waals surface area contributed by atoms with Crippen molar-refractivity contribution in [2.75, 3.05) is 13.1 Å². The summed E-state index contributed by atoms with van der Waals surface area (Å²) in [4.78, 5) is 0. The number of aryl methyl sites for hydroxylation is 2. The summed E-state index contributed by atoms with van der Waals surface area (Å²) >= 11 is -0.556. The Morgan fingerprint density at radius 1 is 0.667 bits per heavy atom. The van der Waals surface area contributed by atoms with Crippen molar-refractivity contribution in [1.29, 1.82) is 0 Å². The van der Waals surface area contributed by atoms with Gasteiger partial charge in [0.1, 0.15) is 0 Å². The zero-order valence-electron chi connectivity index (χ0n) is 17.2. The van der Waals surface area contributed by atoms with E-state index < -0.39 is 17.0 Å². The second-order valence-electron chi connectivity index (χ2n) is 7.10. The van der Waals surface area contributed by atoms with Crippen molar-refractivity contribution < 1.29 is 17.0 Å². The van der Waals surface area contributed by atoms with Gasteiger partial charge in [-0.15, -0.1) is 24.5 Å². The van der Waals surface area contributed by atoms with Gasteiger partial charge in [-0.1, -0.05) is 84.3 Å². The monoisotopic (exact) mass is 470 g/mol. The Morgan fingerprint density at radius 2 is 1.13 bits per heavy atom. The molecular formula is C25H24Cl2N2Ti-2. The molecule has 0 atom stereocenters. The molecule has 2 nitrogen and oxygen atoms in total. The van der Waals surface area contributed by atoms with E-state index in [1.807, 2.05) is 0 Å². The van der Waals surface area contributed by atoms with E-state index in [-0.39, 0.29) is 0 Å². The second-order valence-corrected chi connectivity index (χ2v) is 9.68. The third kappa shape index (κ3) is 5.71. The van der Waals surface area contributed by atoms with E-state index in [2.05, 4.69) is 86.6 Å². The van der Waals surface area contributed by atoms with Gasteiger partial charge in [0, 0.05) is 0 Å². The number of hydrogen-bond acceptors (Lipinski definition) is 0. The van der Waals surface area contributed by atoms with Gasteiger partial charge in [0.25, 0.3) is 0 Å². The summed E-state index contributed by atoms with van der Waals surface area (Å²) in [6.07, 6.45) is 0.950. The summed E-state index contributed by atoms with van der Waals surface area (Å²) in [6.45, 7) is 5.83. The fraction of sp³-hybridized carbons (Fsp3) is 0.200. The average molecular weight is 471 g/mol. The summed E-state index contributed by atoms with van der Waals surface area (Å²) in [5.41, 5.74) is 4.72. The Morgan fingerprint density at radius 3 is 1.67 bits per heavy atom. The van der Waals surface area contributed by atoms with Crippen molar-refractivity contribution >= 4 is 51.5 Å². The molecule has 0 spiro atoms. The molecule has 0 heterocycles. The van der Waals surface area contributed by atoms with Crippen molar-refractivity contribution in [2.24, 2.45) is 0 Å². The molecule has 5 heteroatoms. The summed E-state index contributed by atoms with van der Waals surface area (Å²) in [5, 5.41) is 14.7. The quantitative estimate of drug-likeness (QED) is 0.152. The van der Waals surface area contributed by atoms with E-state index >= 15 is 0 Å². The predicted molar refractivity (Wildman–Crippen MR) is 129 cm³/mol. The SMILES string of the molecule is Cc1cccc(C)c1[N-]CCC[N-]c1c2ccccc2cc2ccccc12.[Cl][Ti][Cl]. The third-order valence-corrected chi connectivity index (χ3v) is 5.04. The zero-order valence-corrected chi connectivity index (χ0v) is 20.3. The van der Waals surface area contributed by atoms with Crippen molar-refractivity contribution in [2.45, 2.75) is 20.3 Å². The van der Waals surface area contributed by atoms with Crippen LogP contribution in [0.2, 0.25) is 0 Å². The van der Waals surface area contributed by atoms with Crippen LogP contribution in [0.1, 0.15) is 17.5 Å². The molecule has 154 valence electrons. The molecule has 30 heavy (non-hydrogen) atoms. The zero-order chi connectivity index (χ0) is 21.3. The van der Waals surface area contributed by atoms with Gasteiger partial charge in [0.05, 0.1) is 0 Å². The predicted octanol–water partition coefficient (Wildman–Crippen LogP) is 9.09. The minimum absolute atomic E-state index is 0.556. The number of rotatable bonds is 6. The van der Waals surface area contributed by atoms with Gasteiger partial charge in [-0.3, -0.25) is 0 Å². The molecule has 0 aliphatic heterocycles. The van der Waals surface area contributed by atoms with Gasteiger partial charge in [0.2, 0.25) is 0 Å². The van der Waals surface area contributed by atoms with E-state index in [1.165, 1.54) is 32.7 Å². The molecule has 0 aliphatic rings. The van der Waals surface area contributed by atoms with Crippen LogP contribution in [-0.2, 0) is 17.0 Å². The van der Waals surface area contributed by atoms with E-state index in [9.17, 15) is 0 Å². The Kier molecular flexibility index (Phi) is 8.90. The Balaban J connectivity index is 0.000000806. The molecule has 0 saturated heterocycles. The molecule has 0 aromatic heterocycles. The maximum absolute atomic E-state index is 4.98. The van der Waals surface area contributed by atoms with Crippen molar-refractivity contribution in [3.63, 3.8) is 0 Å².